The van der Waals surface area contributed by atoms with Gasteiger partial charge in [0.1, 0.15) is 11.4 Å². The summed E-state index contributed by atoms with van der Waals surface area (Å²) in [5.41, 5.74) is 7.53. The van der Waals surface area contributed by atoms with E-state index < -0.39 is 0 Å². The molecule has 2 aromatic carbocycles. The summed E-state index contributed by atoms with van der Waals surface area (Å²) in [6, 6.07) is 11.4. The predicted molar refractivity (Wildman–Crippen MR) is 73.1 cm³/mol. The minimum Gasteiger partial charge on any atom is -0.506 e. The smallest absolute Gasteiger partial charge is 0.159 e. The molecule has 5 heteroatoms. The summed E-state index contributed by atoms with van der Waals surface area (Å²) < 4.78 is 0. The number of ketones is 1. The molecule has 0 bridgehead atoms. The van der Waals surface area contributed by atoms with E-state index in [9.17, 15) is 9.90 Å². The van der Waals surface area contributed by atoms with Gasteiger partial charge < -0.3 is 10.8 Å². The number of carbonyl (C=O) groups is 1. The van der Waals surface area contributed by atoms with E-state index in [1.165, 1.54) is 13.0 Å². The zero-order valence-corrected chi connectivity index (χ0v) is 10.4. The Morgan fingerprint density at radius 2 is 1.79 bits per heavy atom. The summed E-state index contributed by atoms with van der Waals surface area (Å²) in [6.45, 7) is 1.50. The van der Waals surface area contributed by atoms with E-state index >= 15 is 0 Å². The first kappa shape index (κ1) is 12.8. The molecule has 0 fully saturated rings. The van der Waals surface area contributed by atoms with Crippen LogP contribution in [0.4, 0.5) is 17.1 Å². The summed E-state index contributed by atoms with van der Waals surface area (Å²) in [7, 11) is 0. The molecule has 0 heterocycles. The van der Waals surface area contributed by atoms with Crippen LogP contribution in [-0.2, 0) is 0 Å². The number of aromatic hydroxyl groups is 1. The van der Waals surface area contributed by atoms with Crippen LogP contribution < -0.4 is 5.73 Å². The molecular weight excluding hydrogens is 242 g/mol. The lowest BCUT2D eigenvalue weighted by Crippen LogP contribution is -1.89. The zero-order valence-electron chi connectivity index (χ0n) is 10.4. The van der Waals surface area contributed by atoms with Crippen LogP contribution in [0.5, 0.6) is 5.75 Å². The maximum Gasteiger partial charge on any atom is 0.159 e. The first-order valence-corrected chi connectivity index (χ1v) is 5.67. The molecule has 0 radical (unpaired) electrons. The number of phenolic OH excluding ortho intramolecular Hbond substituents is 1. The van der Waals surface area contributed by atoms with Gasteiger partial charge in [-0.2, -0.15) is 5.11 Å². The summed E-state index contributed by atoms with van der Waals surface area (Å²) in [4.78, 5) is 11.1. The average molecular weight is 255 g/mol. The molecular formula is C14H13N3O2. The van der Waals surface area contributed by atoms with Gasteiger partial charge in [0, 0.05) is 17.3 Å². The van der Waals surface area contributed by atoms with E-state index in [2.05, 4.69) is 10.2 Å². The molecule has 19 heavy (non-hydrogen) atoms. The van der Waals surface area contributed by atoms with Crippen molar-refractivity contribution in [3.05, 3.63) is 48.0 Å². The summed E-state index contributed by atoms with van der Waals surface area (Å²) in [5, 5.41) is 17.5. The number of benzene rings is 2. The first-order chi connectivity index (χ1) is 9.06. The van der Waals surface area contributed by atoms with E-state index in [0.29, 0.717) is 22.6 Å². The average Bonchev–Trinajstić information content (AvgIpc) is 2.38. The second kappa shape index (κ2) is 5.30. The Labute approximate surface area is 110 Å². The van der Waals surface area contributed by atoms with Gasteiger partial charge in [0.15, 0.2) is 5.78 Å². The molecule has 0 saturated carbocycles. The topological polar surface area (TPSA) is 88.0 Å². The van der Waals surface area contributed by atoms with Crippen LogP contribution in [0.2, 0.25) is 0 Å². The third-order valence-corrected chi connectivity index (χ3v) is 2.55. The lowest BCUT2D eigenvalue weighted by molar-refractivity contribution is 0.101. The van der Waals surface area contributed by atoms with E-state index in [1.54, 1.807) is 36.4 Å². The van der Waals surface area contributed by atoms with Gasteiger partial charge in [-0.1, -0.05) is 0 Å². The molecule has 0 aliphatic rings. The molecule has 2 rings (SSSR count). The number of nitrogens with zero attached hydrogens (tertiary/aromatic N) is 2. The fraction of sp³-hybridized carbons (Fsp3) is 0.0714. The van der Waals surface area contributed by atoms with Crippen molar-refractivity contribution in [2.24, 2.45) is 10.2 Å². The van der Waals surface area contributed by atoms with Crippen LogP contribution >= 0.6 is 0 Å². The highest BCUT2D eigenvalue weighted by molar-refractivity contribution is 5.94. The number of Topliss-reactive ketones (excluding diaryl/α,β-unsaturated/α-hetero) is 1. The Morgan fingerprint density at radius 3 is 2.37 bits per heavy atom. The minimum absolute atomic E-state index is 0.000308. The molecule has 96 valence electrons. The SMILES string of the molecule is CC(=O)c1ccc(N=Nc2ccc(N)cc2O)cc1. The molecule has 2 aromatic rings. The van der Waals surface area contributed by atoms with Crippen molar-refractivity contribution >= 4 is 22.8 Å². The van der Waals surface area contributed by atoms with Gasteiger partial charge in [0.25, 0.3) is 0 Å². The fourth-order valence-corrected chi connectivity index (χ4v) is 1.50. The largest absolute Gasteiger partial charge is 0.506 e. The van der Waals surface area contributed by atoms with Crippen LogP contribution in [0.15, 0.2) is 52.7 Å². The number of hydrogen-bond donors (Lipinski definition) is 2. The quantitative estimate of drug-likeness (QED) is 0.499. The van der Waals surface area contributed by atoms with Crippen LogP contribution in [0.1, 0.15) is 17.3 Å². The fourth-order valence-electron chi connectivity index (χ4n) is 1.50. The van der Waals surface area contributed by atoms with Gasteiger partial charge in [-0.05, 0) is 43.3 Å². The van der Waals surface area contributed by atoms with Crippen molar-refractivity contribution < 1.29 is 9.90 Å². The molecule has 0 atom stereocenters. The van der Waals surface area contributed by atoms with Crippen LogP contribution in [-0.4, -0.2) is 10.9 Å². The number of hydrogen-bond acceptors (Lipinski definition) is 5. The van der Waals surface area contributed by atoms with E-state index in [-0.39, 0.29) is 11.5 Å². The number of azo groups is 1. The molecule has 5 nitrogen and oxygen atoms in total. The van der Waals surface area contributed by atoms with E-state index in [0.717, 1.165) is 0 Å². The molecule has 0 aliphatic heterocycles. The van der Waals surface area contributed by atoms with Gasteiger partial charge in [-0.25, -0.2) is 0 Å². The molecule has 0 amide bonds. The summed E-state index contributed by atoms with van der Waals surface area (Å²) in [5.74, 6) is -0.0243. The van der Waals surface area contributed by atoms with E-state index in [1.807, 2.05) is 0 Å². The maximum atomic E-state index is 11.1. The van der Waals surface area contributed by atoms with Gasteiger partial charge >= 0.3 is 0 Å². The lowest BCUT2D eigenvalue weighted by atomic mass is 10.1. The minimum atomic E-state index is -0.0240. The predicted octanol–water partition coefficient (Wildman–Crippen LogP) is 3.59. The Hall–Kier alpha value is -2.69. The van der Waals surface area contributed by atoms with Crippen molar-refractivity contribution in [3.63, 3.8) is 0 Å². The van der Waals surface area contributed by atoms with Gasteiger partial charge in [-0.3, -0.25) is 4.79 Å². The van der Waals surface area contributed by atoms with E-state index in [4.69, 9.17) is 5.73 Å². The van der Waals surface area contributed by atoms with Crippen LogP contribution in [0, 0.1) is 0 Å². The number of nitrogens with two attached hydrogens (primary N) is 1. The van der Waals surface area contributed by atoms with Crippen molar-refractivity contribution in [1.29, 1.82) is 0 Å². The number of carbonyl (C=O) groups excluding carboxylic acids is 1. The maximum absolute atomic E-state index is 11.1. The molecule has 0 unspecified atom stereocenters. The Bertz CT molecular complexity index is 634. The summed E-state index contributed by atoms with van der Waals surface area (Å²) in [6.07, 6.45) is 0. The van der Waals surface area contributed by atoms with Crippen molar-refractivity contribution in [2.45, 2.75) is 6.92 Å². The molecule has 0 aliphatic carbocycles. The van der Waals surface area contributed by atoms with Crippen molar-refractivity contribution in [2.75, 3.05) is 5.73 Å². The molecule has 0 saturated heterocycles. The summed E-state index contributed by atoms with van der Waals surface area (Å²) >= 11 is 0. The zero-order chi connectivity index (χ0) is 13.8. The highest BCUT2D eigenvalue weighted by Gasteiger charge is 2.01. The number of phenols is 1. The molecule has 0 aromatic heterocycles. The van der Waals surface area contributed by atoms with Crippen LogP contribution in [0.3, 0.4) is 0 Å². The molecule has 0 spiro atoms. The normalized spacial score (nSPS) is 10.8. The van der Waals surface area contributed by atoms with Crippen molar-refractivity contribution in [1.82, 2.24) is 0 Å². The standard InChI is InChI=1S/C14H13N3O2/c1-9(18)10-2-5-12(6-3-10)16-17-13-7-4-11(15)8-14(13)19/h2-8,19H,15H2,1H3. The van der Waals surface area contributed by atoms with Gasteiger partial charge in [0.05, 0.1) is 5.69 Å². The second-order valence-electron chi connectivity index (χ2n) is 4.05. The first-order valence-electron chi connectivity index (χ1n) is 5.67. The Morgan fingerprint density at radius 1 is 1.11 bits per heavy atom. The lowest BCUT2D eigenvalue weighted by Gasteiger charge is -1.99. The highest BCUT2D eigenvalue weighted by atomic mass is 16.3. The second-order valence-corrected chi connectivity index (χ2v) is 4.05. The third kappa shape index (κ3) is 3.16. The number of nitrogen functional groups attached to an aromatic ring is 1. The monoisotopic (exact) mass is 255 g/mol. The molecule has 3 N–H and O–H groups in total. The number of anilines is 1. The van der Waals surface area contributed by atoms with Crippen molar-refractivity contribution in [3.8, 4) is 5.75 Å². The Kier molecular flexibility index (Phi) is 3.56. The van der Waals surface area contributed by atoms with Crippen LogP contribution in [0.25, 0.3) is 0 Å². The highest BCUT2D eigenvalue weighted by Crippen LogP contribution is 2.29. The van der Waals surface area contributed by atoms with Gasteiger partial charge in [0.2, 0.25) is 0 Å². The Balaban J connectivity index is 2.20. The van der Waals surface area contributed by atoms with Gasteiger partial charge in [-0.15, -0.1) is 5.11 Å². The third-order valence-electron chi connectivity index (χ3n) is 2.55. The number of rotatable bonds is 3.